The highest BCUT2D eigenvalue weighted by Crippen LogP contribution is 2.11. The van der Waals surface area contributed by atoms with Gasteiger partial charge in [0.25, 0.3) is 11.5 Å². The van der Waals surface area contributed by atoms with E-state index in [9.17, 15) is 14.4 Å². The monoisotopic (exact) mass is 352 g/mol. The third-order valence-corrected chi connectivity index (χ3v) is 3.75. The van der Waals surface area contributed by atoms with Gasteiger partial charge in [-0.3, -0.25) is 34.8 Å². The molecule has 2 aromatic heterocycles. The average Bonchev–Trinajstić information content (AvgIpc) is 2.67. The number of hydrazine groups is 1. The maximum absolute atomic E-state index is 12.5. The summed E-state index contributed by atoms with van der Waals surface area (Å²) in [5.41, 5.74) is 5.95. The summed E-state index contributed by atoms with van der Waals surface area (Å²) in [5.74, 6) is -1.02. The van der Waals surface area contributed by atoms with Gasteiger partial charge in [0, 0.05) is 25.4 Å². The normalized spacial score (nSPS) is 10.5. The van der Waals surface area contributed by atoms with Crippen LogP contribution in [0.5, 0.6) is 0 Å². The Kier molecular flexibility index (Phi) is 4.97. The number of fused-ring (bicyclic) bond motifs is 1. The van der Waals surface area contributed by atoms with Crippen LogP contribution in [0.25, 0.3) is 10.9 Å². The summed E-state index contributed by atoms with van der Waals surface area (Å²) < 4.78 is 1.37. The maximum atomic E-state index is 12.5. The maximum Gasteiger partial charge on any atom is 0.289 e. The lowest BCUT2D eigenvalue weighted by atomic mass is 10.1. The van der Waals surface area contributed by atoms with Gasteiger partial charge >= 0.3 is 0 Å². The van der Waals surface area contributed by atoms with Crippen LogP contribution in [0.3, 0.4) is 0 Å². The topological polar surface area (TPSA) is 119 Å². The Morgan fingerprint density at radius 2 is 2.00 bits per heavy atom. The highest BCUT2D eigenvalue weighted by Gasteiger charge is 2.10. The number of para-hydroxylation sites is 1. The van der Waals surface area contributed by atoms with Crippen molar-refractivity contribution in [1.82, 2.24) is 30.4 Å². The Morgan fingerprint density at radius 1 is 1.15 bits per heavy atom. The molecular formula is C17H16N6O3. The van der Waals surface area contributed by atoms with Crippen LogP contribution >= 0.6 is 0 Å². The van der Waals surface area contributed by atoms with E-state index in [0.717, 1.165) is 5.56 Å². The molecule has 0 fully saturated rings. The minimum Gasteiger partial charge on any atom is -0.298 e. The summed E-state index contributed by atoms with van der Waals surface area (Å²) in [7, 11) is 0. The molecular weight excluding hydrogens is 336 g/mol. The van der Waals surface area contributed by atoms with Crippen LogP contribution < -0.4 is 16.4 Å². The molecule has 0 aliphatic heterocycles. The fraction of sp³-hybridized carbons (Fsp3) is 0.176. The Morgan fingerprint density at radius 3 is 2.77 bits per heavy atom. The highest BCUT2D eigenvalue weighted by atomic mass is 16.2. The fourth-order valence-corrected chi connectivity index (χ4v) is 2.39. The zero-order valence-electron chi connectivity index (χ0n) is 14.0. The summed E-state index contributed by atoms with van der Waals surface area (Å²) in [6.07, 6.45) is 5.51. The van der Waals surface area contributed by atoms with Crippen molar-refractivity contribution in [2.45, 2.75) is 19.9 Å². The summed E-state index contributed by atoms with van der Waals surface area (Å²) in [6, 6.07) is 5.38. The van der Waals surface area contributed by atoms with Crippen LogP contribution in [0.4, 0.5) is 0 Å². The standard InChI is InChI=1S/C17H16N6O3/c1-11-3-2-4-12-15(11)20-10-23(17(12)26)8-5-14(24)21-22-16(25)13-9-18-6-7-19-13/h2-4,6-7,9-10H,5,8H2,1H3,(H,21,24)(H,22,25). The van der Waals surface area contributed by atoms with Gasteiger partial charge in [-0.15, -0.1) is 0 Å². The predicted molar refractivity (Wildman–Crippen MR) is 93.0 cm³/mol. The predicted octanol–water partition coefficient (Wildman–Crippen LogP) is 0.346. The molecule has 3 rings (SSSR count). The second-order valence-corrected chi connectivity index (χ2v) is 5.56. The van der Waals surface area contributed by atoms with Crippen LogP contribution in [0.2, 0.25) is 0 Å². The smallest absolute Gasteiger partial charge is 0.289 e. The lowest BCUT2D eigenvalue weighted by Gasteiger charge is -2.09. The Balaban J connectivity index is 1.60. The van der Waals surface area contributed by atoms with Gasteiger partial charge in [0.2, 0.25) is 5.91 Å². The first-order valence-electron chi connectivity index (χ1n) is 7.86. The number of aromatic nitrogens is 4. The zero-order valence-corrected chi connectivity index (χ0v) is 14.0. The van der Waals surface area contributed by atoms with Crippen molar-refractivity contribution in [3.8, 4) is 0 Å². The summed E-state index contributed by atoms with van der Waals surface area (Å²) in [5, 5.41) is 0.504. The number of nitrogens with zero attached hydrogens (tertiary/aromatic N) is 4. The van der Waals surface area contributed by atoms with Gasteiger partial charge in [0.1, 0.15) is 5.69 Å². The van der Waals surface area contributed by atoms with Crippen LogP contribution in [-0.2, 0) is 11.3 Å². The molecule has 132 valence electrons. The van der Waals surface area contributed by atoms with E-state index in [1.165, 1.54) is 29.5 Å². The van der Waals surface area contributed by atoms with Crippen LogP contribution in [0.1, 0.15) is 22.5 Å². The molecule has 0 unspecified atom stereocenters. The molecule has 0 bridgehead atoms. The number of rotatable bonds is 4. The second kappa shape index (κ2) is 7.51. The van der Waals surface area contributed by atoms with Crippen molar-refractivity contribution in [1.29, 1.82) is 0 Å². The Labute approximate surface area is 148 Å². The minimum absolute atomic E-state index is 0.000340. The number of benzene rings is 1. The van der Waals surface area contributed by atoms with E-state index in [1.807, 2.05) is 13.0 Å². The quantitative estimate of drug-likeness (QED) is 0.654. The Hall–Kier alpha value is -3.62. The van der Waals surface area contributed by atoms with Gasteiger partial charge in [-0.05, 0) is 18.6 Å². The first kappa shape index (κ1) is 17.2. The van der Waals surface area contributed by atoms with Crippen molar-refractivity contribution < 1.29 is 9.59 Å². The first-order valence-corrected chi connectivity index (χ1v) is 7.86. The molecule has 9 nitrogen and oxygen atoms in total. The van der Waals surface area contributed by atoms with Gasteiger partial charge in [0.15, 0.2) is 0 Å². The second-order valence-electron chi connectivity index (χ2n) is 5.56. The van der Waals surface area contributed by atoms with E-state index in [1.54, 1.807) is 12.1 Å². The molecule has 0 radical (unpaired) electrons. The Bertz CT molecular complexity index is 1020. The number of amides is 2. The third-order valence-electron chi connectivity index (χ3n) is 3.75. The lowest BCUT2D eigenvalue weighted by Crippen LogP contribution is -2.42. The molecule has 0 saturated heterocycles. The van der Waals surface area contributed by atoms with Gasteiger partial charge in [-0.2, -0.15) is 0 Å². The van der Waals surface area contributed by atoms with E-state index >= 15 is 0 Å². The summed E-state index contributed by atoms with van der Waals surface area (Å²) in [6.45, 7) is 2.02. The van der Waals surface area contributed by atoms with Crippen molar-refractivity contribution in [3.05, 3.63) is 64.7 Å². The number of nitrogens with one attached hydrogen (secondary N) is 2. The van der Waals surface area contributed by atoms with Gasteiger partial charge in [-0.25, -0.2) is 9.97 Å². The molecule has 0 saturated carbocycles. The molecule has 2 amide bonds. The molecule has 0 spiro atoms. The van der Waals surface area contributed by atoms with Gasteiger partial charge < -0.3 is 0 Å². The van der Waals surface area contributed by atoms with E-state index in [2.05, 4.69) is 25.8 Å². The van der Waals surface area contributed by atoms with Crippen LogP contribution in [0.15, 0.2) is 47.9 Å². The number of hydrogen-bond acceptors (Lipinski definition) is 6. The van der Waals surface area contributed by atoms with Gasteiger partial charge in [-0.1, -0.05) is 12.1 Å². The first-order chi connectivity index (χ1) is 12.6. The zero-order chi connectivity index (χ0) is 18.5. The number of carbonyl (C=O) groups excluding carboxylic acids is 2. The fourth-order valence-electron chi connectivity index (χ4n) is 2.39. The molecule has 0 aliphatic carbocycles. The number of hydrogen-bond donors (Lipinski definition) is 2. The van der Waals surface area contributed by atoms with Crippen LogP contribution in [-0.4, -0.2) is 31.3 Å². The molecule has 2 heterocycles. The SMILES string of the molecule is Cc1cccc2c(=O)n(CCC(=O)NNC(=O)c3cnccn3)cnc12. The molecule has 2 N–H and O–H groups in total. The van der Waals surface area contributed by atoms with Crippen LogP contribution in [0, 0.1) is 6.92 Å². The molecule has 3 aromatic rings. The molecule has 26 heavy (non-hydrogen) atoms. The molecule has 9 heteroatoms. The summed E-state index contributed by atoms with van der Waals surface area (Å²) in [4.78, 5) is 48.0. The van der Waals surface area contributed by atoms with Crippen molar-refractivity contribution in [3.63, 3.8) is 0 Å². The average molecular weight is 352 g/mol. The largest absolute Gasteiger partial charge is 0.298 e. The highest BCUT2D eigenvalue weighted by molar-refractivity contribution is 5.93. The van der Waals surface area contributed by atoms with Crippen molar-refractivity contribution >= 4 is 22.7 Å². The molecule has 1 aromatic carbocycles. The van der Waals surface area contributed by atoms with Gasteiger partial charge in [0.05, 0.1) is 23.4 Å². The van der Waals surface area contributed by atoms with Crippen molar-refractivity contribution in [2.75, 3.05) is 0 Å². The molecule has 0 atom stereocenters. The van der Waals surface area contributed by atoms with E-state index < -0.39 is 11.8 Å². The summed E-state index contributed by atoms with van der Waals surface area (Å²) >= 11 is 0. The van der Waals surface area contributed by atoms with E-state index in [0.29, 0.717) is 10.9 Å². The third kappa shape index (κ3) is 3.72. The number of aryl methyl sites for hydroxylation is 2. The number of carbonyl (C=O) groups is 2. The lowest BCUT2D eigenvalue weighted by molar-refractivity contribution is -0.122. The van der Waals surface area contributed by atoms with E-state index in [-0.39, 0.29) is 24.2 Å². The minimum atomic E-state index is -0.577. The van der Waals surface area contributed by atoms with E-state index in [4.69, 9.17) is 0 Å². The molecule has 0 aliphatic rings. The van der Waals surface area contributed by atoms with Crippen molar-refractivity contribution in [2.24, 2.45) is 0 Å².